The summed E-state index contributed by atoms with van der Waals surface area (Å²) in [7, 11) is 0. The van der Waals surface area contributed by atoms with E-state index in [1.807, 2.05) is 61.5 Å². The van der Waals surface area contributed by atoms with Crippen molar-refractivity contribution >= 4 is 5.97 Å². The first-order chi connectivity index (χ1) is 13.7. The number of ether oxygens (including phenoxy) is 3. The molecular weight excluding hydrogens is 354 g/mol. The first-order valence-electron chi connectivity index (χ1n) is 10.1. The van der Waals surface area contributed by atoms with E-state index in [-0.39, 0.29) is 5.97 Å². The van der Waals surface area contributed by atoms with Crippen molar-refractivity contribution in [3.8, 4) is 17.2 Å². The summed E-state index contributed by atoms with van der Waals surface area (Å²) in [5.41, 5.74) is 0. The van der Waals surface area contributed by atoms with Crippen molar-refractivity contribution in [1.29, 1.82) is 0 Å². The van der Waals surface area contributed by atoms with Crippen LogP contribution in [0.15, 0.2) is 54.6 Å². The largest absolute Gasteiger partial charge is 0.492 e. The van der Waals surface area contributed by atoms with E-state index < -0.39 is 0 Å². The summed E-state index contributed by atoms with van der Waals surface area (Å²) in [5.74, 6) is 2.85. The molecule has 2 aromatic carbocycles. The van der Waals surface area contributed by atoms with E-state index >= 15 is 0 Å². The van der Waals surface area contributed by atoms with Gasteiger partial charge in [-0.15, -0.1) is 0 Å². The van der Waals surface area contributed by atoms with Crippen molar-refractivity contribution in [2.45, 2.75) is 26.2 Å². The maximum Gasteiger partial charge on any atom is 0.306 e. The van der Waals surface area contributed by atoms with E-state index in [2.05, 4.69) is 4.90 Å². The number of benzene rings is 2. The average Bonchev–Trinajstić information content (AvgIpc) is 2.72. The van der Waals surface area contributed by atoms with E-state index in [0.717, 1.165) is 49.7 Å². The molecule has 0 saturated carbocycles. The Bertz CT molecular complexity index is 709. The summed E-state index contributed by atoms with van der Waals surface area (Å²) in [4.78, 5) is 14.0. The van der Waals surface area contributed by atoms with Crippen molar-refractivity contribution in [1.82, 2.24) is 4.90 Å². The zero-order valence-corrected chi connectivity index (χ0v) is 16.5. The van der Waals surface area contributed by atoms with Gasteiger partial charge in [-0.3, -0.25) is 9.69 Å². The van der Waals surface area contributed by atoms with Gasteiger partial charge < -0.3 is 14.2 Å². The second-order valence-electron chi connectivity index (χ2n) is 7.03. The molecule has 1 aliphatic rings. The molecule has 0 radical (unpaired) electrons. The maximum atomic E-state index is 11.6. The van der Waals surface area contributed by atoms with Crippen LogP contribution in [-0.2, 0) is 9.53 Å². The molecule has 0 spiro atoms. The van der Waals surface area contributed by atoms with Gasteiger partial charge in [-0.2, -0.15) is 0 Å². The van der Waals surface area contributed by atoms with E-state index in [1.54, 1.807) is 0 Å². The van der Waals surface area contributed by atoms with Crippen LogP contribution in [0, 0.1) is 5.92 Å². The zero-order valence-electron chi connectivity index (χ0n) is 16.5. The Balaban J connectivity index is 1.34. The third-order valence-electron chi connectivity index (χ3n) is 4.95. The first-order valence-corrected chi connectivity index (χ1v) is 10.1. The topological polar surface area (TPSA) is 48.0 Å². The van der Waals surface area contributed by atoms with Crippen LogP contribution in [0.5, 0.6) is 17.2 Å². The maximum absolute atomic E-state index is 11.6. The summed E-state index contributed by atoms with van der Waals surface area (Å²) < 4.78 is 16.7. The molecular formula is C23H29NO4. The lowest BCUT2D eigenvalue weighted by Crippen LogP contribution is -2.37. The molecule has 1 saturated heterocycles. The molecule has 2 aromatic rings. The Morgan fingerprint density at radius 1 is 0.964 bits per heavy atom. The normalized spacial score (nSPS) is 15.2. The summed E-state index contributed by atoms with van der Waals surface area (Å²) in [6.45, 7) is 5.89. The Kier molecular flexibility index (Phi) is 7.73. The highest BCUT2D eigenvalue weighted by molar-refractivity contribution is 5.69. The predicted molar refractivity (Wildman–Crippen MR) is 109 cm³/mol. The number of carbonyl (C=O) groups is 1. The highest BCUT2D eigenvalue weighted by Gasteiger charge is 2.21. The van der Waals surface area contributed by atoms with Gasteiger partial charge in [0.05, 0.1) is 6.61 Å². The fourth-order valence-corrected chi connectivity index (χ4v) is 3.39. The number of carbonyl (C=O) groups excluding carboxylic acids is 1. The second-order valence-corrected chi connectivity index (χ2v) is 7.03. The van der Waals surface area contributed by atoms with Gasteiger partial charge >= 0.3 is 5.97 Å². The number of nitrogens with zero attached hydrogens (tertiary/aromatic N) is 1. The highest BCUT2D eigenvalue weighted by atomic mass is 16.5. The molecule has 5 heteroatoms. The van der Waals surface area contributed by atoms with Crippen LogP contribution in [0.25, 0.3) is 0 Å². The summed E-state index contributed by atoms with van der Waals surface area (Å²) >= 11 is 0. The molecule has 1 aliphatic heterocycles. The molecule has 0 atom stereocenters. The van der Waals surface area contributed by atoms with Gasteiger partial charge in [0, 0.05) is 13.0 Å². The standard InChI is InChI=1S/C23H29NO4/c1-2-26-23(25)18-19-12-14-24(15-13-19)16-17-27-20-8-10-22(11-9-20)28-21-6-4-3-5-7-21/h3-11,19H,2,12-18H2,1H3. The number of esters is 1. The van der Waals surface area contributed by atoms with Crippen LogP contribution in [0.3, 0.4) is 0 Å². The van der Waals surface area contributed by atoms with Crippen molar-refractivity contribution in [2.75, 3.05) is 32.8 Å². The van der Waals surface area contributed by atoms with E-state index in [9.17, 15) is 4.79 Å². The van der Waals surface area contributed by atoms with Crippen molar-refractivity contribution < 1.29 is 19.0 Å². The molecule has 0 bridgehead atoms. The molecule has 0 N–H and O–H groups in total. The number of hydrogen-bond donors (Lipinski definition) is 0. The predicted octanol–water partition coefficient (Wildman–Crippen LogP) is 4.52. The van der Waals surface area contributed by atoms with Gasteiger partial charge in [-0.05, 0) is 75.2 Å². The van der Waals surface area contributed by atoms with Crippen LogP contribution >= 0.6 is 0 Å². The summed E-state index contributed by atoms with van der Waals surface area (Å²) in [6, 6.07) is 17.4. The van der Waals surface area contributed by atoms with Gasteiger partial charge in [0.2, 0.25) is 0 Å². The fourth-order valence-electron chi connectivity index (χ4n) is 3.39. The lowest BCUT2D eigenvalue weighted by molar-refractivity contribution is -0.144. The smallest absolute Gasteiger partial charge is 0.306 e. The number of piperidine rings is 1. The Morgan fingerprint density at radius 3 is 2.29 bits per heavy atom. The highest BCUT2D eigenvalue weighted by Crippen LogP contribution is 2.24. The monoisotopic (exact) mass is 383 g/mol. The minimum absolute atomic E-state index is 0.0658. The Labute approximate surface area is 167 Å². The molecule has 0 aliphatic carbocycles. The second kappa shape index (κ2) is 10.7. The summed E-state index contributed by atoms with van der Waals surface area (Å²) in [6.07, 6.45) is 2.64. The Hall–Kier alpha value is -2.53. The molecule has 1 heterocycles. The molecule has 3 rings (SSSR count). The number of rotatable bonds is 9. The molecule has 5 nitrogen and oxygen atoms in total. The van der Waals surface area contributed by atoms with Crippen molar-refractivity contribution in [2.24, 2.45) is 5.92 Å². The van der Waals surface area contributed by atoms with E-state index in [0.29, 0.717) is 25.6 Å². The lowest BCUT2D eigenvalue weighted by atomic mass is 9.94. The van der Waals surface area contributed by atoms with Crippen molar-refractivity contribution in [3.63, 3.8) is 0 Å². The lowest BCUT2D eigenvalue weighted by Gasteiger charge is -2.31. The van der Waals surface area contributed by atoms with Crippen LogP contribution < -0.4 is 9.47 Å². The Morgan fingerprint density at radius 2 is 1.61 bits per heavy atom. The molecule has 0 aromatic heterocycles. The fraction of sp³-hybridized carbons (Fsp3) is 0.435. The van der Waals surface area contributed by atoms with Crippen molar-refractivity contribution in [3.05, 3.63) is 54.6 Å². The third kappa shape index (κ3) is 6.57. The van der Waals surface area contributed by atoms with Gasteiger partial charge in [0.25, 0.3) is 0 Å². The van der Waals surface area contributed by atoms with Gasteiger partial charge in [0.1, 0.15) is 23.9 Å². The molecule has 0 unspecified atom stereocenters. The van der Waals surface area contributed by atoms with Crippen LogP contribution in [0.4, 0.5) is 0 Å². The van der Waals surface area contributed by atoms with Gasteiger partial charge in [-0.25, -0.2) is 0 Å². The number of likely N-dealkylation sites (tertiary alicyclic amines) is 1. The van der Waals surface area contributed by atoms with Crippen LogP contribution in [-0.4, -0.2) is 43.7 Å². The average molecular weight is 383 g/mol. The van der Waals surface area contributed by atoms with E-state index in [4.69, 9.17) is 14.2 Å². The molecule has 1 fully saturated rings. The van der Waals surface area contributed by atoms with Crippen LogP contribution in [0.2, 0.25) is 0 Å². The zero-order chi connectivity index (χ0) is 19.6. The SMILES string of the molecule is CCOC(=O)CC1CCN(CCOc2ccc(Oc3ccccc3)cc2)CC1. The minimum Gasteiger partial charge on any atom is -0.492 e. The van der Waals surface area contributed by atoms with Crippen LogP contribution in [0.1, 0.15) is 26.2 Å². The van der Waals surface area contributed by atoms with E-state index in [1.165, 1.54) is 0 Å². The third-order valence-corrected chi connectivity index (χ3v) is 4.95. The summed E-state index contributed by atoms with van der Waals surface area (Å²) in [5, 5.41) is 0. The van der Waals surface area contributed by atoms with Gasteiger partial charge in [-0.1, -0.05) is 18.2 Å². The van der Waals surface area contributed by atoms with Gasteiger partial charge in [0.15, 0.2) is 0 Å². The first kappa shape index (κ1) is 20.2. The number of hydrogen-bond acceptors (Lipinski definition) is 5. The number of para-hydroxylation sites is 1. The quantitative estimate of drug-likeness (QED) is 0.596. The molecule has 28 heavy (non-hydrogen) atoms. The molecule has 150 valence electrons. The molecule has 0 amide bonds. The minimum atomic E-state index is -0.0658.